The van der Waals surface area contributed by atoms with Crippen molar-refractivity contribution in [1.82, 2.24) is 15.2 Å². The number of nitrogens with two attached hydrogens (primary N) is 1. The lowest BCUT2D eigenvalue weighted by molar-refractivity contribution is 0.102. The highest BCUT2D eigenvalue weighted by Crippen LogP contribution is 2.05. The van der Waals surface area contributed by atoms with Gasteiger partial charge in [0, 0.05) is 18.0 Å². The molecule has 0 radical (unpaired) electrons. The molecular formula is C10H9N5OS. The Morgan fingerprint density at radius 2 is 2.24 bits per heavy atom. The zero-order valence-corrected chi connectivity index (χ0v) is 9.49. The molecule has 17 heavy (non-hydrogen) atoms. The number of H-pyrrole nitrogens is 1. The Bertz CT molecular complexity index is 534. The molecule has 2 aromatic heterocycles. The third kappa shape index (κ3) is 2.64. The first kappa shape index (κ1) is 11.2. The van der Waals surface area contributed by atoms with Crippen molar-refractivity contribution in [3.05, 3.63) is 42.0 Å². The largest absolute Gasteiger partial charge is 0.389 e. The van der Waals surface area contributed by atoms with Crippen LogP contribution in [0, 0.1) is 0 Å². The van der Waals surface area contributed by atoms with Crippen LogP contribution >= 0.6 is 12.2 Å². The first-order valence-electron chi connectivity index (χ1n) is 4.73. The maximum atomic E-state index is 11.7. The van der Waals surface area contributed by atoms with E-state index in [1.54, 1.807) is 18.3 Å². The average Bonchev–Trinajstić information content (AvgIpc) is 2.82. The van der Waals surface area contributed by atoms with Gasteiger partial charge in [0.15, 0.2) is 0 Å². The predicted octanol–water partition coefficient (Wildman–Crippen LogP) is 0.691. The van der Waals surface area contributed by atoms with Crippen molar-refractivity contribution in [3.8, 4) is 0 Å². The molecule has 0 unspecified atom stereocenters. The Hall–Kier alpha value is -2.28. The molecule has 0 atom stereocenters. The summed E-state index contributed by atoms with van der Waals surface area (Å²) in [7, 11) is 0. The minimum Gasteiger partial charge on any atom is -0.389 e. The maximum absolute atomic E-state index is 11.7. The molecule has 0 saturated carbocycles. The second kappa shape index (κ2) is 4.71. The zero-order valence-electron chi connectivity index (χ0n) is 8.68. The monoisotopic (exact) mass is 247 g/mol. The molecule has 7 heteroatoms. The summed E-state index contributed by atoms with van der Waals surface area (Å²) in [5.41, 5.74) is 6.92. The van der Waals surface area contributed by atoms with Crippen LogP contribution in [0.4, 0.5) is 5.69 Å². The molecule has 0 spiro atoms. The van der Waals surface area contributed by atoms with E-state index in [1.807, 2.05) is 0 Å². The van der Waals surface area contributed by atoms with Crippen LogP contribution in [-0.4, -0.2) is 26.1 Å². The molecule has 0 aliphatic rings. The standard InChI is InChI=1S/C10H9N5OS/c11-9(17)6-1-2-8(12-3-6)10(16)15-7-4-13-14-5-7/h1-5H,(H2,11,17)(H,13,14)(H,15,16). The summed E-state index contributed by atoms with van der Waals surface area (Å²) < 4.78 is 0. The number of carbonyl (C=O) groups excluding carboxylic acids is 1. The van der Waals surface area contributed by atoms with Crippen LogP contribution in [0.1, 0.15) is 16.1 Å². The summed E-state index contributed by atoms with van der Waals surface area (Å²) >= 11 is 4.79. The van der Waals surface area contributed by atoms with Crippen molar-refractivity contribution < 1.29 is 4.79 Å². The van der Waals surface area contributed by atoms with Gasteiger partial charge in [0.05, 0.1) is 11.9 Å². The van der Waals surface area contributed by atoms with Gasteiger partial charge in [-0.05, 0) is 12.1 Å². The van der Waals surface area contributed by atoms with Gasteiger partial charge in [-0.2, -0.15) is 5.10 Å². The number of carbonyl (C=O) groups is 1. The molecular weight excluding hydrogens is 238 g/mol. The van der Waals surface area contributed by atoms with E-state index in [-0.39, 0.29) is 16.6 Å². The topological polar surface area (TPSA) is 96.7 Å². The highest BCUT2D eigenvalue weighted by molar-refractivity contribution is 7.80. The van der Waals surface area contributed by atoms with Crippen LogP contribution in [0.2, 0.25) is 0 Å². The second-order valence-electron chi connectivity index (χ2n) is 3.24. The number of thiocarbonyl (C=S) groups is 1. The quantitative estimate of drug-likeness (QED) is 0.693. The Labute approximate surface area is 102 Å². The Morgan fingerprint density at radius 3 is 2.76 bits per heavy atom. The smallest absolute Gasteiger partial charge is 0.274 e. The number of aromatic nitrogens is 3. The minimum atomic E-state index is -0.319. The molecule has 1 amide bonds. The number of nitrogens with zero attached hydrogens (tertiary/aromatic N) is 2. The average molecular weight is 247 g/mol. The van der Waals surface area contributed by atoms with Gasteiger partial charge in [-0.3, -0.25) is 14.9 Å². The molecule has 4 N–H and O–H groups in total. The zero-order chi connectivity index (χ0) is 12.3. The van der Waals surface area contributed by atoms with Gasteiger partial charge in [0.25, 0.3) is 5.91 Å². The Kier molecular flexibility index (Phi) is 3.10. The summed E-state index contributed by atoms with van der Waals surface area (Å²) in [6, 6.07) is 3.21. The summed E-state index contributed by atoms with van der Waals surface area (Å²) in [4.78, 5) is 15.9. The highest BCUT2D eigenvalue weighted by Gasteiger charge is 2.08. The molecule has 2 heterocycles. The van der Waals surface area contributed by atoms with E-state index < -0.39 is 0 Å². The summed E-state index contributed by atoms with van der Waals surface area (Å²) in [6.45, 7) is 0. The molecule has 0 aliphatic heterocycles. The Morgan fingerprint density at radius 1 is 1.41 bits per heavy atom. The summed E-state index contributed by atoms with van der Waals surface area (Å²) in [5.74, 6) is -0.319. The lowest BCUT2D eigenvalue weighted by Crippen LogP contribution is -2.15. The summed E-state index contributed by atoms with van der Waals surface area (Å²) in [5, 5.41) is 8.93. The fourth-order valence-corrected chi connectivity index (χ4v) is 1.31. The normalized spacial score (nSPS) is 9.88. The van der Waals surface area contributed by atoms with Gasteiger partial charge < -0.3 is 11.1 Å². The maximum Gasteiger partial charge on any atom is 0.274 e. The van der Waals surface area contributed by atoms with Crippen molar-refractivity contribution in [2.75, 3.05) is 5.32 Å². The number of anilines is 1. The first-order chi connectivity index (χ1) is 8.16. The fraction of sp³-hybridized carbons (Fsp3) is 0. The van der Waals surface area contributed by atoms with Crippen LogP contribution < -0.4 is 11.1 Å². The number of hydrogen-bond acceptors (Lipinski definition) is 4. The number of nitrogens with one attached hydrogen (secondary N) is 2. The molecule has 2 rings (SSSR count). The molecule has 0 fully saturated rings. The fourth-order valence-electron chi connectivity index (χ4n) is 1.19. The van der Waals surface area contributed by atoms with E-state index in [1.165, 1.54) is 12.4 Å². The molecule has 2 aromatic rings. The molecule has 86 valence electrons. The number of hydrogen-bond donors (Lipinski definition) is 3. The van der Waals surface area contributed by atoms with Gasteiger partial charge in [-0.15, -0.1) is 0 Å². The van der Waals surface area contributed by atoms with Crippen molar-refractivity contribution in [3.63, 3.8) is 0 Å². The van der Waals surface area contributed by atoms with Crippen LogP contribution in [0.15, 0.2) is 30.7 Å². The molecule has 6 nitrogen and oxygen atoms in total. The molecule has 0 aliphatic carbocycles. The number of pyridine rings is 1. The highest BCUT2D eigenvalue weighted by atomic mass is 32.1. The predicted molar refractivity (Wildman–Crippen MR) is 66.7 cm³/mol. The van der Waals surface area contributed by atoms with Crippen molar-refractivity contribution in [2.45, 2.75) is 0 Å². The van der Waals surface area contributed by atoms with Crippen LogP contribution in [0.5, 0.6) is 0 Å². The first-order valence-corrected chi connectivity index (χ1v) is 5.13. The van der Waals surface area contributed by atoms with E-state index >= 15 is 0 Å². The molecule has 0 saturated heterocycles. The lowest BCUT2D eigenvalue weighted by Gasteiger charge is -2.02. The Balaban J connectivity index is 2.12. The van der Waals surface area contributed by atoms with Gasteiger partial charge in [0.1, 0.15) is 10.7 Å². The second-order valence-corrected chi connectivity index (χ2v) is 3.68. The van der Waals surface area contributed by atoms with Crippen LogP contribution in [-0.2, 0) is 0 Å². The third-order valence-corrected chi connectivity index (χ3v) is 2.27. The van der Waals surface area contributed by atoms with Crippen molar-refractivity contribution in [1.29, 1.82) is 0 Å². The molecule has 0 bridgehead atoms. The van der Waals surface area contributed by atoms with E-state index in [4.69, 9.17) is 18.0 Å². The minimum absolute atomic E-state index is 0.249. The number of aromatic amines is 1. The number of rotatable bonds is 3. The van der Waals surface area contributed by atoms with E-state index in [2.05, 4.69) is 20.5 Å². The number of amides is 1. The summed E-state index contributed by atoms with van der Waals surface area (Å²) in [6.07, 6.45) is 4.54. The van der Waals surface area contributed by atoms with Gasteiger partial charge in [-0.25, -0.2) is 0 Å². The van der Waals surface area contributed by atoms with E-state index in [9.17, 15) is 4.79 Å². The SMILES string of the molecule is NC(=S)c1ccc(C(=O)Nc2cn[nH]c2)nc1. The van der Waals surface area contributed by atoms with E-state index in [0.29, 0.717) is 11.3 Å². The van der Waals surface area contributed by atoms with Gasteiger partial charge in [0.2, 0.25) is 0 Å². The molecule has 0 aromatic carbocycles. The van der Waals surface area contributed by atoms with Crippen molar-refractivity contribution >= 4 is 28.8 Å². The van der Waals surface area contributed by atoms with E-state index in [0.717, 1.165) is 0 Å². The third-order valence-electron chi connectivity index (χ3n) is 2.04. The van der Waals surface area contributed by atoms with Crippen LogP contribution in [0.25, 0.3) is 0 Å². The van der Waals surface area contributed by atoms with Crippen LogP contribution in [0.3, 0.4) is 0 Å². The van der Waals surface area contributed by atoms with Crippen molar-refractivity contribution in [2.24, 2.45) is 5.73 Å². The van der Waals surface area contributed by atoms with Gasteiger partial charge in [-0.1, -0.05) is 12.2 Å². The van der Waals surface area contributed by atoms with Gasteiger partial charge >= 0.3 is 0 Å². The lowest BCUT2D eigenvalue weighted by atomic mass is 10.2.